The summed E-state index contributed by atoms with van der Waals surface area (Å²) in [5.74, 6) is -2.40. The van der Waals surface area contributed by atoms with Crippen molar-refractivity contribution in [1.82, 2.24) is 9.62 Å². The van der Waals surface area contributed by atoms with Gasteiger partial charge < -0.3 is 10.4 Å². The summed E-state index contributed by atoms with van der Waals surface area (Å²) in [5, 5.41) is 10.4. The normalized spacial score (nSPS) is 28.0. The van der Waals surface area contributed by atoms with Gasteiger partial charge in [-0.15, -0.1) is 0 Å². The van der Waals surface area contributed by atoms with Gasteiger partial charge in [-0.1, -0.05) is 0 Å². The van der Waals surface area contributed by atoms with Crippen LogP contribution in [0.5, 0.6) is 0 Å². The molecule has 2 aliphatic heterocycles. The number of carboxylic acid groups (broad SMARTS) is 1. The smallest absolute Gasteiger partial charge is 0.323 e. The average Bonchev–Trinajstić information content (AvgIpc) is 2.37. The number of sulfonamides is 1. The summed E-state index contributed by atoms with van der Waals surface area (Å²) >= 11 is 0. The van der Waals surface area contributed by atoms with E-state index in [-0.39, 0.29) is 30.9 Å². The Morgan fingerprint density at radius 2 is 1.86 bits per heavy atom. The van der Waals surface area contributed by atoms with Crippen molar-refractivity contribution in [2.75, 3.05) is 24.6 Å². The first-order chi connectivity index (χ1) is 9.63. The lowest BCUT2D eigenvalue weighted by atomic mass is 10.2. The largest absolute Gasteiger partial charge is 0.480 e. The standard InChI is InChI=1S/C10H16N2O7S2/c13-9-6-12(8(5-11-9)10(14)15)21(18,19)7-1-3-20(16,17)4-2-7/h7-8H,1-6H2,(H,11,13)(H,14,15). The average molecular weight is 340 g/mol. The number of nitrogens with one attached hydrogen (secondary N) is 1. The number of hydrogen-bond acceptors (Lipinski definition) is 6. The quantitative estimate of drug-likeness (QED) is 0.593. The van der Waals surface area contributed by atoms with Gasteiger partial charge in [-0.3, -0.25) is 9.59 Å². The van der Waals surface area contributed by atoms with Crippen LogP contribution in [0.25, 0.3) is 0 Å². The van der Waals surface area contributed by atoms with E-state index in [1.54, 1.807) is 0 Å². The highest BCUT2D eigenvalue weighted by Crippen LogP contribution is 2.24. The summed E-state index contributed by atoms with van der Waals surface area (Å²) in [4.78, 5) is 22.5. The molecule has 1 atom stereocenters. The first-order valence-corrected chi connectivity index (χ1v) is 9.66. The van der Waals surface area contributed by atoms with Crippen LogP contribution in [-0.2, 0) is 29.4 Å². The molecule has 2 fully saturated rings. The Morgan fingerprint density at radius 3 is 2.38 bits per heavy atom. The number of carbonyl (C=O) groups is 2. The lowest BCUT2D eigenvalue weighted by Crippen LogP contribution is -2.61. The number of hydrogen-bond donors (Lipinski definition) is 2. The summed E-state index contributed by atoms with van der Waals surface area (Å²) < 4.78 is 48.4. The van der Waals surface area contributed by atoms with Crippen LogP contribution in [0.3, 0.4) is 0 Å². The van der Waals surface area contributed by atoms with Crippen LogP contribution in [0.15, 0.2) is 0 Å². The second kappa shape index (κ2) is 5.54. The van der Waals surface area contributed by atoms with Crippen LogP contribution in [0, 0.1) is 0 Å². The lowest BCUT2D eigenvalue weighted by molar-refractivity contribution is -0.143. The second-order valence-electron chi connectivity index (χ2n) is 5.10. The highest BCUT2D eigenvalue weighted by atomic mass is 32.2. The summed E-state index contributed by atoms with van der Waals surface area (Å²) in [6.07, 6.45) is -0.149. The number of piperazine rings is 1. The Kier molecular flexibility index (Phi) is 4.26. The number of carbonyl (C=O) groups excluding carboxylic acids is 1. The predicted octanol–water partition coefficient (Wildman–Crippen LogP) is -2.22. The zero-order valence-electron chi connectivity index (χ0n) is 11.1. The molecule has 21 heavy (non-hydrogen) atoms. The van der Waals surface area contributed by atoms with Crippen molar-refractivity contribution in [2.45, 2.75) is 24.1 Å². The maximum absolute atomic E-state index is 12.5. The number of sulfone groups is 1. The minimum absolute atomic E-state index is 0.0743. The minimum atomic E-state index is -4.04. The molecular weight excluding hydrogens is 324 g/mol. The Balaban J connectivity index is 2.24. The number of nitrogens with zero attached hydrogens (tertiary/aromatic N) is 1. The van der Waals surface area contributed by atoms with Gasteiger partial charge in [0.15, 0.2) is 0 Å². The highest BCUT2D eigenvalue weighted by Gasteiger charge is 2.44. The van der Waals surface area contributed by atoms with Crippen LogP contribution in [0.1, 0.15) is 12.8 Å². The van der Waals surface area contributed by atoms with Crippen LogP contribution < -0.4 is 5.32 Å². The molecule has 2 heterocycles. The Labute approximate surface area is 122 Å². The van der Waals surface area contributed by atoms with Crippen LogP contribution >= 0.6 is 0 Å². The summed E-state index contributed by atoms with van der Waals surface area (Å²) in [6, 6.07) is -1.36. The van der Waals surface area contributed by atoms with Crippen molar-refractivity contribution in [3.8, 4) is 0 Å². The van der Waals surface area contributed by atoms with Gasteiger partial charge in [-0.25, -0.2) is 16.8 Å². The van der Waals surface area contributed by atoms with Crippen molar-refractivity contribution in [3.05, 3.63) is 0 Å². The lowest BCUT2D eigenvalue weighted by Gasteiger charge is -2.35. The van der Waals surface area contributed by atoms with E-state index in [4.69, 9.17) is 5.11 Å². The fraction of sp³-hybridized carbons (Fsp3) is 0.800. The van der Waals surface area contributed by atoms with E-state index in [0.717, 1.165) is 0 Å². The molecule has 1 amide bonds. The molecule has 2 rings (SSSR count). The van der Waals surface area contributed by atoms with Crippen molar-refractivity contribution in [3.63, 3.8) is 0 Å². The first kappa shape index (κ1) is 16.2. The Morgan fingerprint density at radius 1 is 1.29 bits per heavy atom. The SMILES string of the molecule is O=C1CN(S(=O)(=O)C2CCS(=O)(=O)CC2)C(C(=O)O)CN1. The van der Waals surface area contributed by atoms with Gasteiger partial charge in [0, 0.05) is 6.54 Å². The van der Waals surface area contributed by atoms with Gasteiger partial charge in [-0.05, 0) is 12.8 Å². The number of amides is 1. The van der Waals surface area contributed by atoms with Crippen LogP contribution in [-0.4, -0.2) is 74.0 Å². The van der Waals surface area contributed by atoms with E-state index in [2.05, 4.69) is 5.32 Å². The molecule has 2 N–H and O–H groups in total. The summed E-state index contributed by atoms with van der Waals surface area (Å²) in [5.41, 5.74) is 0. The minimum Gasteiger partial charge on any atom is -0.480 e. The van der Waals surface area contributed by atoms with Gasteiger partial charge in [0.1, 0.15) is 15.9 Å². The monoisotopic (exact) mass is 340 g/mol. The maximum Gasteiger partial charge on any atom is 0.323 e. The Hall–Kier alpha value is -1.20. The molecule has 0 radical (unpaired) electrons. The molecule has 120 valence electrons. The van der Waals surface area contributed by atoms with Crippen molar-refractivity contribution >= 4 is 31.7 Å². The van der Waals surface area contributed by atoms with E-state index >= 15 is 0 Å². The van der Waals surface area contributed by atoms with Crippen molar-refractivity contribution in [1.29, 1.82) is 0 Å². The third kappa shape index (κ3) is 3.35. The molecule has 0 spiro atoms. The van der Waals surface area contributed by atoms with Gasteiger partial charge in [0.2, 0.25) is 15.9 Å². The first-order valence-electron chi connectivity index (χ1n) is 6.34. The maximum atomic E-state index is 12.5. The van der Waals surface area contributed by atoms with Gasteiger partial charge >= 0.3 is 5.97 Å². The number of rotatable bonds is 3. The summed E-state index contributed by atoms with van der Waals surface area (Å²) in [6.45, 7) is -0.846. The highest BCUT2D eigenvalue weighted by molar-refractivity contribution is 7.92. The molecule has 0 saturated carbocycles. The molecule has 0 aromatic carbocycles. The topological polar surface area (TPSA) is 138 Å². The number of carboxylic acids is 1. The molecule has 0 aromatic heterocycles. The molecule has 11 heteroatoms. The van der Waals surface area contributed by atoms with E-state index in [1.807, 2.05) is 0 Å². The van der Waals surface area contributed by atoms with Gasteiger partial charge in [0.25, 0.3) is 0 Å². The fourth-order valence-corrected chi connectivity index (χ4v) is 6.28. The van der Waals surface area contributed by atoms with E-state index in [0.29, 0.717) is 4.31 Å². The van der Waals surface area contributed by atoms with E-state index < -0.39 is 49.6 Å². The van der Waals surface area contributed by atoms with Gasteiger partial charge in [0.05, 0.1) is 23.3 Å². The molecule has 0 aliphatic carbocycles. The molecule has 1 unspecified atom stereocenters. The number of aliphatic carboxylic acids is 1. The van der Waals surface area contributed by atoms with Crippen molar-refractivity contribution < 1.29 is 31.5 Å². The predicted molar refractivity (Wildman–Crippen MR) is 71.7 cm³/mol. The zero-order chi connectivity index (χ0) is 15.8. The van der Waals surface area contributed by atoms with Crippen molar-refractivity contribution in [2.24, 2.45) is 0 Å². The zero-order valence-corrected chi connectivity index (χ0v) is 12.7. The third-order valence-corrected chi connectivity index (χ3v) is 7.74. The molecular formula is C10H16N2O7S2. The second-order valence-corrected chi connectivity index (χ2v) is 9.57. The molecule has 9 nitrogen and oxygen atoms in total. The Bertz CT molecular complexity index is 641. The molecule has 0 bridgehead atoms. The van der Waals surface area contributed by atoms with Crippen LogP contribution in [0.4, 0.5) is 0 Å². The summed E-state index contributed by atoms with van der Waals surface area (Å²) in [7, 11) is -7.26. The molecule has 0 aromatic rings. The van der Waals surface area contributed by atoms with E-state index in [9.17, 15) is 26.4 Å². The molecule has 2 aliphatic rings. The molecule has 2 saturated heterocycles. The van der Waals surface area contributed by atoms with E-state index in [1.165, 1.54) is 0 Å². The third-order valence-electron chi connectivity index (χ3n) is 3.67. The fourth-order valence-electron chi connectivity index (χ4n) is 2.46. The van der Waals surface area contributed by atoms with Gasteiger partial charge in [-0.2, -0.15) is 4.31 Å². The van der Waals surface area contributed by atoms with Crippen LogP contribution in [0.2, 0.25) is 0 Å².